The standard InChI is InChI=1S/C21H25NO5/c1-5-25-18-8-6-7-9-19(18)26-13-20(23)27-16(4)21(24)22-17-11-10-14(2)12-15(17)3/h6-12,16H,5,13H2,1-4H3,(H,22,24)/t16-/m0/s1. The van der Waals surface area contributed by atoms with Gasteiger partial charge in [-0.3, -0.25) is 4.79 Å². The molecule has 144 valence electrons. The molecule has 0 aromatic heterocycles. The summed E-state index contributed by atoms with van der Waals surface area (Å²) in [5, 5.41) is 2.77. The van der Waals surface area contributed by atoms with E-state index in [4.69, 9.17) is 14.2 Å². The van der Waals surface area contributed by atoms with Gasteiger partial charge in [-0.15, -0.1) is 0 Å². The van der Waals surface area contributed by atoms with Gasteiger partial charge in [0.15, 0.2) is 24.2 Å². The molecule has 0 saturated heterocycles. The molecule has 0 aliphatic carbocycles. The molecular formula is C21H25NO5. The van der Waals surface area contributed by atoms with Crippen molar-refractivity contribution in [3.8, 4) is 11.5 Å². The van der Waals surface area contributed by atoms with Gasteiger partial charge in [0.05, 0.1) is 6.61 Å². The molecule has 0 unspecified atom stereocenters. The van der Waals surface area contributed by atoms with Crippen molar-refractivity contribution in [2.45, 2.75) is 33.8 Å². The molecule has 0 saturated carbocycles. The van der Waals surface area contributed by atoms with Crippen molar-refractivity contribution in [2.24, 2.45) is 0 Å². The zero-order chi connectivity index (χ0) is 19.8. The molecule has 27 heavy (non-hydrogen) atoms. The van der Waals surface area contributed by atoms with E-state index in [1.165, 1.54) is 6.92 Å². The van der Waals surface area contributed by atoms with E-state index < -0.39 is 18.0 Å². The van der Waals surface area contributed by atoms with Gasteiger partial charge in [-0.2, -0.15) is 0 Å². The number of carbonyl (C=O) groups is 2. The SMILES string of the molecule is CCOc1ccccc1OCC(=O)O[C@@H](C)C(=O)Nc1ccc(C)cc1C. The smallest absolute Gasteiger partial charge is 0.344 e. The molecule has 0 radical (unpaired) electrons. The minimum absolute atomic E-state index is 0.314. The van der Waals surface area contributed by atoms with Gasteiger partial charge in [0, 0.05) is 5.69 Å². The van der Waals surface area contributed by atoms with Crippen LogP contribution in [0.25, 0.3) is 0 Å². The highest BCUT2D eigenvalue weighted by Gasteiger charge is 2.19. The van der Waals surface area contributed by atoms with Crippen molar-refractivity contribution in [3.05, 3.63) is 53.6 Å². The summed E-state index contributed by atoms with van der Waals surface area (Å²) in [4.78, 5) is 24.2. The summed E-state index contributed by atoms with van der Waals surface area (Å²) < 4.78 is 16.0. The molecule has 1 amide bonds. The minimum atomic E-state index is -0.941. The van der Waals surface area contributed by atoms with Crippen LogP contribution >= 0.6 is 0 Å². The fourth-order valence-corrected chi connectivity index (χ4v) is 2.45. The van der Waals surface area contributed by atoms with Crippen LogP contribution in [0.3, 0.4) is 0 Å². The number of anilines is 1. The Morgan fingerprint density at radius 3 is 2.33 bits per heavy atom. The average molecular weight is 371 g/mol. The van der Waals surface area contributed by atoms with Gasteiger partial charge in [-0.1, -0.05) is 29.8 Å². The Bertz CT molecular complexity index is 803. The predicted octanol–water partition coefficient (Wildman–Crippen LogP) is 3.65. The Morgan fingerprint density at radius 2 is 1.70 bits per heavy atom. The number of amides is 1. The van der Waals surface area contributed by atoms with Gasteiger partial charge >= 0.3 is 5.97 Å². The van der Waals surface area contributed by atoms with Gasteiger partial charge in [0.2, 0.25) is 0 Å². The van der Waals surface area contributed by atoms with E-state index in [9.17, 15) is 9.59 Å². The van der Waals surface area contributed by atoms with Gasteiger partial charge in [0.25, 0.3) is 5.91 Å². The topological polar surface area (TPSA) is 73.9 Å². The minimum Gasteiger partial charge on any atom is -0.490 e. The van der Waals surface area contributed by atoms with Crippen LogP contribution in [-0.2, 0) is 14.3 Å². The summed E-state index contributed by atoms with van der Waals surface area (Å²) in [6, 6.07) is 12.8. The number of carbonyl (C=O) groups excluding carboxylic acids is 2. The molecule has 0 fully saturated rings. The second kappa shape index (κ2) is 9.62. The molecule has 6 heteroatoms. The van der Waals surface area contributed by atoms with E-state index in [2.05, 4.69) is 5.32 Å². The summed E-state index contributed by atoms with van der Waals surface area (Å²) in [6.07, 6.45) is -0.941. The van der Waals surface area contributed by atoms with Crippen LogP contribution < -0.4 is 14.8 Å². The third kappa shape index (κ3) is 6.02. The van der Waals surface area contributed by atoms with Crippen LogP contribution in [0.5, 0.6) is 11.5 Å². The number of ether oxygens (including phenoxy) is 3. The second-order valence-corrected chi connectivity index (χ2v) is 6.11. The fraction of sp³-hybridized carbons (Fsp3) is 0.333. The molecule has 1 N–H and O–H groups in total. The molecular weight excluding hydrogens is 346 g/mol. The van der Waals surface area contributed by atoms with Crippen LogP contribution in [-0.4, -0.2) is 31.2 Å². The Morgan fingerprint density at radius 1 is 1.04 bits per heavy atom. The Labute approximate surface area is 159 Å². The lowest BCUT2D eigenvalue weighted by Gasteiger charge is -2.16. The number of rotatable bonds is 8. The summed E-state index contributed by atoms with van der Waals surface area (Å²) >= 11 is 0. The van der Waals surface area contributed by atoms with Crippen molar-refractivity contribution < 1.29 is 23.8 Å². The fourth-order valence-electron chi connectivity index (χ4n) is 2.45. The van der Waals surface area contributed by atoms with Crippen molar-refractivity contribution in [1.82, 2.24) is 0 Å². The van der Waals surface area contributed by atoms with Gasteiger partial charge in [-0.05, 0) is 51.5 Å². The first kappa shape index (κ1) is 20.3. The molecule has 0 heterocycles. The molecule has 0 spiro atoms. The van der Waals surface area contributed by atoms with Crippen molar-refractivity contribution >= 4 is 17.6 Å². The maximum atomic E-state index is 12.2. The van der Waals surface area contributed by atoms with Crippen LogP contribution in [0.4, 0.5) is 5.69 Å². The van der Waals surface area contributed by atoms with Crippen LogP contribution in [0.15, 0.2) is 42.5 Å². The van der Waals surface area contributed by atoms with Crippen molar-refractivity contribution in [3.63, 3.8) is 0 Å². The number of hydrogen-bond donors (Lipinski definition) is 1. The van der Waals surface area contributed by atoms with Crippen molar-refractivity contribution in [1.29, 1.82) is 0 Å². The molecule has 0 aliphatic rings. The normalized spacial score (nSPS) is 11.4. The first-order valence-corrected chi connectivity index (χ1v) is 8.83. The average Bonchev–Trinajstić information content (AvgIpc) is 2.63. The van der Waals surface area contributed by atoms with Gasteiger partial charge in [0.1, 0.15) is 0 Å². The zero-order valence-electron chi connectivity index (χ0n) is 16.1. The second-order valence-electron chi connectivity index (χ2n) is 6.11. The Hall–Kier alpha value is -3.02. The van der Waals surface area contributed by atoms with E-state index in [0.29, 0.717) is 23.8 Å². The summed E-state index contributed by atoms with van der Waals surface area (Å²) in [5.74, 6) is -0.0354. The van der Waals surface area contributed by atoms with E-state index >= 15 is 0 Å². The molecule has 2 aromatic carbocycles. The summed E-state index contributed by atoms with van der Waals surface area (Å²) in [7, 11) is 0. The summed E-state index contributed by atoms with van der Waals surface area (Å²) in [6.45, 7) is 7.44. The maximum Gasteiger partial charge on any atom is 0.344 e. The quantitative estimate of drug-likeness (QED) is 0.717. The number of aryl methyl sites for hydroxylation is 2. The number of hydrogen-bond acceptors (Lipinski definition) is 5. The highest BCUT2D eigenvalue weighted by atomic mass is 16.6. The van der Waals surface area contributed by atoms with Crippen LogP contribution in [0.2, 0.25) is 0 Å². The number of benzene rings is 2. The maximum absolute atomic E-state index is 12.2. The van der Waals surface area contributed by atoms with E-state index in [1.54, 1.807) is 18.2 Å². The largest absolute Gasteiger partial charge is 0.490 e. The lowest BCUT2D eigenvalue weighted by atomic mass is 10.1. The zero-order valence-corrected chi connectivity index (χ0v) is 16.1. The van der Waals surface area contributed by atoms with Gasteiger partial charge in [-0.25, -0.2) is 4.79 Å². The van der Waals surface area contributed by atoms with E-state index in [0.717, 1.165) is 11.1 Å². The highest BCUT2D eigenvalue weighted by molar-refractivity contribution is 5.95. The molecule has 2 rings (SSSR count). The third-order valence-electron chi connectivity index (χ3n) is 3.81. The first-order valence-electron chi connectivity index (χ1n) is 8.83. The third-order valence-corrected chi connectivity index (χ3v) is 3.81. The Balaban J connectivity index is 1.87. The van der Waals surface area contributed by atoms with E-state index in [1.807, 2.05) is 45.0 Å². The molecule has 0 bridgehead atoms. The van der Waals surface area contributed by atoms with E-state index in [-0.39, 0.29) is 6.61 Å². The highest BCUT2D eigenvalue weighted by Crippen LogP contribution is 2.26. The lowest BCUT2D eigenvalue weighted by Crippen LogP contribution is -2.31. The van der Waals surface area contributed by atoms with Crippen molar-refractivity contribution in [2.75, 3.05) is 18.5 Å². The lowest BCUT2D eigenvalue weighted by molar-refractivity contribution is -0.155. The predicted molar refractivity (Wildman–Crippen MR) is 103 cm³/mol. The van der Waals surface area contributed by atoms with Crippen LogP contribution in [0, 0.1) is 13.8 Å². The monoisotopic (exact) mass is 371 g/mol. The molecule has 6 nitrogen and oxygen atoms in total. The Kier molecular flexibility index (Phi) is 7.23. The van der Waals surface area contributed by atoms with Crippen LogP contribution in [0.1, 0.15) is 25.0 Å². The molecule has 1 atom stereocenters. The number of esters is 1. The summed E-state index contributed by atoms with van der Waals surface area (Å²) in [5.41, 5.74) is 2.74. The number of nitrogens with one attached hydrogen (secondary N) is 1. The first-order chi connectivity index (χ1) is 12.9. The molecule has 2 aromatic rings. The van der Waals surface area contributed by atoms with Gasteiger partial charge < -0.3 is 19.5 Å². The number of para-hydroxylation sites is 2. The molecule has 0 aliphatic heterocycles.